The fourth-order valence-corrected chi connectivity index (χ4v) is 3.60. The van der Waals surface area contributed by atoms with Crippen molar-refractivity contribution < 1.29 is 59.5 Å². The van der Waals surface area contributed by atoms with Crippen molar-refractivity contribution in [2.75, 3.05) is 13.2 Å². The van der Waals surface area contributed by atoms with Crippen molar-refractivity contribution in [3.63, 3.8) is 0 Å². The zero-order valence-electron chi connectivity index (χ0n) is 18.1. The average molecular weight is 468 g/mol. The molecule has 0 saturated carbocycles. The van der Waals surface area contributed by atoms with Crippen LogP contribution in [0.15, 0.2) is 0 Å². The fraction of sp³-hybridized carbons (Fsp3) is 0.950. The lowest BCUT2D eigenvalue weighted by Gasteiger charge is -2.44. The zero-order chi connectivity index (χ0) is 23.8. The Morgan fingerprint density at radius 2 is 1.28 bits per heavy atom. The molecule has 0 aromatic carbocycles. The quantitative estimate of drug-likeness (QED) is 0.125. The third-order valence-electron chi connectivity index (χ3n) is 5.68. The summed E-state index contributed by atoms with van der Waals surface area (Å²) < 4.78 is 21.0. The van der Waals surface area contributed by atoms with E-state index < -0.39 is 80.6 Å². The molecule has 2 fully saturated rings. The predicted molar refractivity (Wildman–Crippen MR) is 106 cm³/mol. The Morgan fingerprint density at radius 3 is 1.84 bits per heavy atom. The maximum absolute atomic E-state index is 11.9. The molecule has 2 aliphatic rings. The van der Waals surface area contributed by atoms with E-state index in [0.717, 1.165) is 25.7 Å². The van der Waals surface area contributed by atoms with Crippen LogP contribution < -0.4 is 0 Å². The topological polar surface area (TPSA) is 196 Å². The number of rotatable bonds is 11. The van der Waals surface area contributed by atoms with Crippen LogP contribution in [0.5, 0.6) is 0 Å². The second-order valence-electron chi connectivity index (χ2n) is 8.20. The summed E-state index contributed by atoms with van der Waals surface area (Å²) in [6.07, 6.45) is -10.9. The third-order valence-corrected chi connectivity index (χ3v) is 5.68. The summed E-state index contributed by atoms with van der Waals surface area (Å²) in [7, 11) is 0. The van der Waals surface area contributed by atoms with Gasteiger partial charge in [0.05, 0.1) is 6.61 Å². The molecule has 2 aliphatic heterocycles. The molecule has 0 aromatic rings. The van der Waals surface area contributed by atoms with Crippen LogP contribution in [0, 0.1) is 0 Å². The Bertz CT molecular complexity index is 561. The first-order valence-corrected chi connectivity index (χ1v) is 11.0. The molecular formula is C20H36O12. The Balaban J connectivity index is 1.90. The van der Waals surface area contributed by atoms with E-state index >= 15 is 0 Å². The monoisotopic (exact) mass is 468 g/mol. The van der Waals surface area contributed by atoms with E-state index in [1.54, 1.807) is 0 Å². The highest BCUT2D eigenvalue weighted by Gasteiger charge is 2.49. The summed E-state index contributed by atoms with van der Waals surface area (Å²) in [6, 6.07) is 0. The number of ether oxygens (including phenoxy) is 4. The van der Waals surface area contributed by atoms with Crippen molar-refractivity contribution in [1.82, 2.24) is 0 Å². The minimum atomic E-state index is -1.76. The van der Waals surface area contributed by atoms with E-state index in [9.17, 15) is 40.5 Å². The second-order valence-corrected chi connectivity index (χ2v) is 8.20. The molecule has 0 unspecified atom stereocenters. The minimum absolute atomic E-state index is 0.197. The van der Waals surface area contributed by atoms with Gasteiger partial charge in [0.15, 0.2) is 12.6 Å². The van der Waals surface area contributed by atoms with E-state index in [1.165, 1.54) is 0 Å². The summed E-state index contributed by atoms with van der Waals surface area (Å²) in [6.45, 7) is 0.994. The van der Waals surface area contributed by atoms with Gasteiger partial charge in [0.25, 0.3) is 0 Å². The number of esters is 1. The van der Waals surface area contributed by atoms with Gasteiger partial charge in [0, 0.05) is 6.42 Å². The SMILES string of the molecule is CCCCCCCC(=O)OC[C@@H]1O[C@H](O[C@H]2O[C@H](CO)[C@@H](O)[C@@H](O)[C@@H]2O)[C@@H](O)[C@@H](O)[C@@H]1O. The maximum Gasteiger partial charge on any atom is 0.305 e. The molecule has 0 spiro atoms. The highest BCUT2D eigenvalue weighted by molar-refractivity contribution is 5.69. The van der Waals surface area contributed by atoms with Crippen LogP contribution in [0.1, 0.15) is 45.4 Å². The van der Waals surface area contributed by atoms with Gasteiger partial charge in [-0.1, -0.05) is 32.6 Å². The van der Waals surface area contributed by atoms with E-state index in [2.05, 4.69) is 6.92 Å². The van der Waals surface area contributed by atoms with Crippen LogP contribution in [0.25, 0.3) is 0 Å². The molecule has 0 aliphatic carbocycles. The zero-order valence-corrected chi connectivity index (χ0v) is 18.1. The van der Waals surface area contributed by atoms with E-state index in [-0.39, 0.29) is 6.42 Å². The molecule has 2 rings (SSSR count). The predicted octanol–water partition coefficient (Wildman–Crippen LogP) is -2.49. The number of aliphatic hydroxyl groups excluding tert-OH is 7. The molecular weight excluding hydrogens is 432 g/mol. The molecule has 7 N–H and O–H groups in total. The number of hydrogen-bond acceptors (Lipinski definition) is 12. The van der Waals surface area contributed by atoms with E-state index in [0.29, 0.717) is 6.42 Å². The Kier molecular flexibility index (Phi) is 11.2. The molecule has 12 nitrogen and oxygen atoms in total. The maximum atomic E-state index is 11.9. The second kappa shape index (κ2) is 13.1. The normalized spacial score (nSPS) is 40.2. The first kappa shape index (κ1) is 27.3. The van der Waals surface area contributed by atoms with E-state index in [4.69, 9.17) is 18.9 Å². The number of hydrogen-bond donors (Lipinski definition) is 7. The molecule has 188 valence electrons. The summed E-state index contributed by atoms with van der Waals surface area (Å²) in [4.78, 5) is 11.9. The Labute approximate surface area is 186 Å². The summed E-state index contributed by atoms with van der Waals surface area (Å²) >= 11 is 0. The molecule has 0 amide bonds. The van der Waals surface area contributed by atoms with Crippen LogP contribution in [0.4, 0.5) is 0 Å². The van der Waals surface area contributed by atoms with Gasteiger partial charge in [0.2, 0.25) is 0 Å². The fourth-order valence-electron chi connectivity index (χ4n) is 3.60. The molecule has 10 atom stereocenters. The number of aliphatic hydroxyl groups is 7. The lowest BCUT2D eigenvalue weighted by Crippen LogP contribution is -2.63. The number of carbonyl (C=O) groups excluding carboxylic acids is 1. The Hall–Kier alpha value is -0.930. The molecule has 2 saturated heterocycles. The van der Waals surface area contributed by atoms with Crippen molar-refractivity contribution in [1.29, 1.82) is 0 Å². The molecule has 32 heavy (non-hydrogen) atoms. The number of unbranched alkanes of at least 4 members (excludes halogenated alkanes) is 4. The molecule has 12 heteroatoms. The van der Waals surface area contributed by atoms with E-state index in [1.807, 2.05) is 0 Å². The van der Waals surface area contributed by atoms with Crippen molar-refractivity contribution in [3.05, 3.63) is 0 Å². The van der Waals surface area contributed by atoms with Gasteiger partial charge in [-0.15, -0.1) is 0 Å². The number of carbonyl (C=O) groups is 1. The van der Waals surface area contributed by atoms with Crippen LogP contribution in [-0.4, -0.2) is 116 Å². The summed E-state index contributed by atoms with van der Waals surface area (Å²) in [5, 5.41) is 69.5. The average Bonchev–Trinajstić information content (AvgIpc) is 2.78. The molecule has 2 heterocycles. The van der Waals surface area contributed by atoms with Crippen LogP contribution in [0.2, 0.25) is 0 Å². The van der Waals surface area contributed by atoms with Gasteiger partial charge in [-0.25, -0.2) is 0 Å². The standard InChI is InChI=1S/C20H36O12/c1-2-3-4-5-6-7-12(22)29-9-11-14(24)16(26)18(28)20(31-11)32-19-17(27)15(25)13(23)10(8-21)30-19/h10-11,13-21,23-28H,2-9H2,1H3/t10-,11+,13-,14-,15-,16+,17+,18+,19-,20-/m1/s1. The van der Waals surface area contributed by atoms with Crippen molar-refractivity contribution in [2.45, 2.75) is 107 Å². The summed E-state index contributed by atoms with van der Waals surface area (Å²) in [5.41, 5.74) is 0. The van der Waals surface area contributed by atoms with Gasteiger partial charge in [-0.3, -0.25) is 4.79 Å². The lowest BCUT2D eigenvalue weighted by atomic mass is 9.98. The van der Waals surface area contributed by atoms with Crippen LogP contribution in [0.3, 0.4) is 0 Å². The van der Waals surface area contributed by atoms with Crippen LogP contribution >= 0.6 is 0 Å². The summed E-state index contributed by atoms with van der Waals surface area (Å²) in [5.74, 6) is -0.496. The van der Waals surface area contributed by atoms with Crippen molar-refractivity contribution >= 4 is 5.97 Å². The van der Waals surface area contributed by atoms with Gasteiger partial charge in [-0.05, 0) is 6.42 Å². The lowest BCUT2D eigenvalue weighted by molar-refractivity contribution is -0.376. The molecule has 0 bridgehead atoms. The van der Waals surface area contributed by atoms with Crippen LogP contribution in [-0.2, 0) is 23.7 Å². The Morgan fingerprint density at radius 1 is 0.750 bits per heavy atom. The first-order chi connectivity index (χ1) is 15.2. The largest absolute Gasteiger partial charge is 0.463 e. The van der Waals surface area contributed by atoms with Gasteiger partial charge in [0.1, 0.15) is 55.4 Å². The van der Waals surface area contributed by atoms with Gasteiger partial charge < -0.3 is 54.7 Å². The molecule has 0 radical (unpaired) electrons. The first-order valence-electron chi connectivity index (χ1n) is 11.0. The minimum Gasteiger partial charge on any atom is -0.463 e. The molecule has 0 aromatic heterocycles. The highest BCUT2D eigenvalue weighted by atomic mass is 16.8. The smallest absolute Gasteiger partial charge is 0.305 e. The van der Waals surface area contributed by atoms with Gasteiger partial charge >= 0.3 is 5.97 Å². The highest BCUT2D eigenvalue weighted by Crippen LogP contribution is 2.28. The third kappa shape index (κ3) is 7.03. The van der Waals surface area contributed by atoms with Crippen molar-refractivity contribution in [3.8, 4) is 0 Å². The van der Waals surface area contributed by atoms with Crippen molar-refractivity contribution in [2.24, 2.45) is 0 Å². The van der Waals surface area contributed by atoms with Gasteiger partial charge in [-0.2, -0.15) is 0 Å².